The van der Waals surface area contributed by atoms with Gasteiger partial charge in [-0.3, -0.25) is 14.2 Å². The minimum atomic E-state index is -3.36. The van der Waals surface area contributed by atoms with Crippen LogP contribution in [-0.2, 0) is 28.4 Å². The Morgan fingerprint density at radius 2 is 1.41 bits per heavy atom. The lowest BCUT2D eigenvalue weighted by atomic mass is 10.2. The Labute approximate surface area is 160 Å². The number of ether oxygens (including phenoxy) is 3. The largest absolute Gasteiger partial charge is 0.468 e. The first-order chi connectivity index (χ1) is 12.3. The van der Waals surface area contributed by atoms with Crippen LogP contribution in [0.1, 0.15) is 41.0 Å². The van der Waals surface area contributed by atoms with Crippen molar-refractivity contribution in [3.8, 4) is 0 Å². The molecule has 0 saturated carbocycles. The minimum Gasteiger partial charge on any atom is -0.468 e. The van der Waals surface area contributed by atoms with E-state index in [1.54, 1.807) is 20.8 Å². The average Bonchev–Trinajstić information content (AvgIpc) is 2.55. The average molecular weight is 409 g/mol. The molecule has 0 saturated heterocycles. The first-order valence-corrected chi connectivity index (χ1v) is 10.5. The van der Waals surface area contributed by atoms with Crippen molar-refractivity contribution in [2.75, 3.05) is 26.9 Å². The predicted molar refractivity (Wildman–Crippen MR) is 101 cm³/mol. The third-order valence-corrected chi connectivity index (χ3v) is 5.79. The van der Waals surface area contributed by atoms with Gasteiger partial charge < -0.3 is 19.5 Å². The van der Waals surface area contributed by atoms with Gasteiger partial charge in [0.2, 0.25) is 7.44 Å². The van der Waals surface area contributed by atoms with E-state index in [0.717, 1.165) is 0 Å². The van der Waals surface area contributed by atoms with Gasteiger partial charge in [0, 0.05) is 12.7 Å². The monoisotopic (exact) mass is 409 g/mol. The minimum absolute atomic E-state index is 0.0749. The summed E-state index contributed by atoms with van der Waals surface area (Å²) in [5, 5.41) is 7.96. The molecule has 0 aromatic carbocycles. The van der Waals surface area contributed by atoms with E-state index in [-0.39, 0.29) is 12.7 Å². The fraction of sp³-hybridized carbons (Fsp3) is 0.812. The van der Waals surface area contributed by atoms with Crippen LogP contribution in [0.15, 0.2) is 0 Å². The Morgan fingerprint density at radius 1 is 0.963 bits per heavy atom. The molecule has 0 fully saturated rings. The van der Waals surface area contributed by atoms with E-state index in [0.29, 0.717) is 6.42 Å². The van der Waals surface area contributed by atoms with Crippen molar-refractivity contribution < 1.29 is 33.2 Å². The van der Waals surface area contributed by atoms with Crippen molar-refractivity contribution in [3.63, 3.8) is 0 Å². The number of amides is 1. The highest BCUT2D eigenvalue weighted by molar-refractivity contribution is 7.59. The van der Waals surface area contributed by atoms with Crippen molar-refractivity contribution in [2.45, 2.75) is 58.7 Å². The quantitative estimate of drug-likeness (QED) is 0.212. The first kappa shape index (κ1) is 25.4. The SMILES string of the molecule is COC(=O)C(C)NP(=O)(CCCNC(=O)OC(C)(C)C)NC(C)C(=O)OC. The molecule has 3 N–H and O–H groups in total. The van der Waals surface area contributed by atoms with Crippen molar-refractivity contribution in [3.05, 3.63) is 0 Å². The number of carbonyl (C=O) groups excluding carboxylic acids is 3. The van der Waals surface area contributed by atoms with Crippen LogP contribution in [0.4, 0.5) is 4.79 Å². The van der Waals surface area contributed by atoms with Crippen LogP contribution < -0.4 is 15.5 Å². The maximum atomic E-state index is 13.2. The molecule has 2 unspecified atom stereocenters. The number of hydrogen-bond donors (Lipinski definition) is 3. The van der Waals surface area contributed by atoms with E-state index in [1.807, 2.05) is 0 Å². The summed E-state index contributed by atoms with van der Waals surface area (Å²) in [6, 6.07) is -1.70. The summed E-state index contributed by atoms with van der Waals surface area (Å²) in [6.07, 6.45) is -0.187. The predicted octanol–water partition coefficient (Wildman–Crippen LogP) is 1.40. The Kier molecular flexibility index (Phi) is 10.6. The summed E-state index contributed by atoms with van der Waals surface area (Å²) in [5.74, 6) is -1.18. The van der Waals surface area contributed by atoms with Gasteiger partial charge in [-0.15, -0.1) is 0 Å². The molecule has 0 rings (SSSR count). The standard InChI is InChI=1S/C16H32N3O7P/c1-11(13(20)24-6)18-27(23,19-12(2)14(21)25-7)10-8-9-17-15(22)26-16(3,4)5/h11-12H,8-10H2,1-7H3,(H,17,22)(H2,18,19,23). The molecule has 0 bridgehead atoms. The number of carbonyl (C=O) groups is 3. The molecular weight excluding hydrogens is 377 g/mol. The molecule has 2 atom stereocenters. The van der Waals surface area contributed by atoms with Crippen LogP contribution in [0.3, 0.4) is 0 Å². The van der Waals surface area contributed by atoms with Gasteiger partial charge in [-0.2, -0.15) is 0 Å². The molecular formula is C16H32N3O7P. The van der Waals surface area contributed by atoms with Crippen LogP contribution >= 0.6 is 7.44 Å². The van der Waals surface area contributed by atoms with E-state index < -0.39 is 43.2 Å². The van der Waals surface area contributed by atoms with Crippen molar-refractivity contribution >= 4 is 25.5 Å². The van der Waals surface area contributed by atoms with E-state index in [4.69, 9.17) is 4.74 Å². The number of hydrogen-bond acceptors (Lipinski definition) is 7. The second-order valence-corrected chi connectivity index (χ2v) is 9.44. The van der Waals surface area contributed by atoms with Gasteiger partial charge in [-0.1, -0.05) is 0 Å². The lowest BCUT2D eigenvalue weighted by Gasteiger charge is -2.26. The number of methoxy groups -OCH3 is 2. The fourth-order valence-corrected chi connectivity index (χ4v) is 4.46. The van der Waals surface area contributed by atoms with Crippen LogP contribution in [0.5, 0.6) is 0 Å². The molecule has 11 heteroatoms. The molecule has 158 valence electrons. The Bertz CT molecular complexity index is 535. The van der Waals surface area contributed by atoms with Crippen molar-refractivity contribution in [2.24, 2.45) is 0 Å². The highest BCUT2D eigenvalue weighted by Crippen LogP contribution is 2.38. The van der Waals surface area contributed by atoms with Crippen LogP contribution in [0, 0.1) is 0 Å². The topological polar surface area (TPSA) is 132 Å². The van der Waals surface area contributed by atoms with Gasteiger partial charge in [-0.05, 0) is 41.0 Å². The second-order valence-electron chi connectivity index (χ2n) is 6.99. The summed E-state index contributed by atoms with van der Waals surface area (Å²) in [6.45, 7) is 8.45. The van der Waals surface area contributed by atoms with E-state index in [2.05, 4.69) is 25.0 Å². The first-order valence-electron chi connectivity index (χ1n) is 8.60. The van der Waals surface area contributed by atoms with Gasteiger partial charge in [0.1, 0.15) is 17.7 Å². The van der Waals surface area contributed by atoms with Crippen LogP contribution in [-0.4, -0.2) is 62.6 Å². The Morgan fingerprint density at radius 3 is 1.78 bits per heavy atom. The molecule has 0 aliphatic rings. The second kappa shape index (κ2) is 11.3. The van der Waals surface area contributed by atoms with Gasteiger partial charge in [0.15, 0.2) is 0 Å². The highest BCUT2D eigenvalue weighted by atomic mass is 31.2. The van der Waals surface area contributed by atoms with Crippen molar-refractivity contribution in [1.82, 2.24) is 15.5 Å². The van der Waals surface area contributed by atoms with Gasteiger partial charge in [0.25, 0.3) is 0 Å². The smallest absolute Gasteiger partial charge is 0.407 e. The third-order valence-electron chi connectivity index (χ3n) is 3.23. The van der Waals surface area contributed by atoms with E-state index in [9.17, 15) is 18.9 Å². The lowest BCUT2D eigenvalue weighted by molar-refractivity contribution is -0.142. The fourth-order valence-electron chi connectivity index (χ4n) is 2.06. The molecule has 0 aliphatic heterocycles. The zero-order valence-corrected chi connectivity index (χ0v) is 18.0. The van der Waals surface area contributed by atoms with Gasteiger partial charge >= 0.3 is 18.0 Å². The number of alkyl carbamates (subject to hydrolysis) is 1. The Balaban J connectivity index is 4.84. The molecule has 0 aromatic heterocycles. The summed E-state index contributed by atoms with van der Waals surface area (Å²) < 4.78 is 27.5. The molecule has 0 heterocycles. The summed E-state index contributed by atoms with van der Waals surface area (Å²) >= 11 is 0. The third kappa shape index (κ3) is 10.9. The summed E-state index contributed by atoms with van der Waals surface area (Å²) in [5.41, 5.74) is -0.617. The van der Waals surface area contributed by atoms with E-state index in [1.165, 1.54) is 28.1 Å². The van der Waals surface area contributed by atoms with E-state index >= 15 is 0 Å². The molecule has 10 nitrogen and oxygen atoms in total. The maximum Gasteiger partial charge on any atom is 0.407 e. The summed E-state index contributed by atoms with van der Waals surface area (Å²) in [7, 11) is -0.915. The highest BCUT2D eigenvalue weighted by Gasteiger charge is 2.31. The Hall–Kier alpha value is -1.64. The van der Waals surface area contributed by atoms with Gasteiger partial charge in [0.05, 0.1) is 14.2 Å². The molecule has 0 aromatic rings. The molecule has 0 aliphatic carbocycles. The molecule has 1 amide bonds. The zero-order valence-electron chi connectivity index (χ0n) is 17.1. The summed E-state index contributed by atoms with van der Waals surface area (Å²) in [4.78, 5) is 34.9. The maximum absolute atomic E-state index is 13.2. The molecule has 0 spiro atoms. The van der Waals surface area contributed by atoms with Crippen LogP contribution in [0.2, 0.25) is 0 Å². The molecule has 0 radical (unpaired) electrons. The number of esters is 2. The molecule has 27 heavy (non-hydrogen) atoms. The number of nitrogens with one attached hydrogen (secondary N) is 3. The lowest BCUT2D eigenvalue weighted by Crippen LogP contribution is -2.42. The van der Waals surface area contributed by atoms with Crippen molar-refractivity contribution in [1.29, 1.82) is 0 Å². The van der Waals surface area contributed by atoms with Gasteiger partial charge in [-0.25, -0.2) is 15.0 Å². The number of rotatable bonds is 10. The normalized spacial score (nSPS) is 15.8. The van der Waals surface area contributed by atoms with Crippen LogP contribution in [0.25, 0.3) is 0 Å². The zero-order chi connectivity index (χ0) is 21.3.